The zero-order valence-electron chi connectivity index (χ0n) is 15.2. The van der Waals surface area contributed by atoms with Crippen LogP contribution < -0.4 is 5.32 Å². The molecule has 1 atom stereocenters. The summed E-state index contributed by atoms with van der Waals surface area (Å²) >= 11 is 0. The number of carbonyl (C=O) groups excluding carboxylic acids is 1. The molecule has 2 aromatic rings. The van der Waals surface area contributed by atoms with Gasteiger partial charge in [0.25, 0.3) is 0 Å². The highest BCUT2D eigenvalue weighted by molar-refractivity contribution is 5.79. The number of aryl methyl sites for hydroxylation is 1. The minimum atomic E-state index is 0.142. The van der Waals surface area contributed by atoms with Crippen molar-refractivity contribution in [3.63, 3.8) is 0 Å². The Bertz CT molecular complexity index is 797. The average molecular weight is 346 g/mol. The van der Waals surface area contributed by atoms with Crippen LogP contribution in [0.3, 0.4) is 0 Å². The first kappa shape index (κ1) is 17.0. The minimum absolute atomic E-state index is 0.142. The summed E-state index contributed by atoms with van der Waals surface area (Å²) in [4.78, 5) is 14.8. The molecule has 1 unspecified atom stereocenters. The van der Waals surface area contributed by atoms with Gasteiger partial charge in [-0.3, -0.25) is 9.69 Å². The van der Waals surface area contributed by atoms with Crippen molar-refractivity contribution in [3.05, 3.63) is 77.4 Å². The van der Waals surface area contributed by atoms with Crippen molar-refractivity contribution in [3.8, 4) is 0 Å². The van der Waals surface area contributed by atoms with Gasteiger partial charge in [0.1, 0.15) is 0 Å². The third-order valence-corrected chi connectivity index (χ3v) is 5.51. The Kier molecular flexibility index (Phi) is 5.16. The van der Waals surface area contributed by atoms with Crippen LogP contribution >= 0.6 is 0 Å². The first-order valence-corrected chi connectivity index (χ1v) is 9.63. The number of benzene rings is 2. The lowest BCUT2D eigenvalue weighted by Gasteiger charge is -2.29. The standard InChI is InChI=1S/C23H26N2O/c26-23(24-22-12-6-10-20-9-4-5-11-21(20)22)17-25-15-13-19(14-16-25)18-7-2-1-3-8-18/h1-5,7-9,11,13,22H,6,10,12,14-17H2,(H,24,26). The van der Waals surface area contributed by atoms with Crippen LogP contribution in [0.2, 0.25) is 0 Å². The minimum Gasteiger partial charge on any atom is -0.348 e. The fourth-order valence-corrected chi connectivity index (χ4v) is 4.12. The van der Waals surface area contributed by atoms with E-state index in [1.165, 1.54) is 22.3 Å². The molecular formula is C23H26N2O. The summed E-state index contributed by atoms with van der Waals surface area (Å²) in [6.07, 6.45) is 6.59. The van der Waals surface area contributed by atoms with Crippen LogP contribution in [0.25, 0.3) is 5.57 Å². The first-order chi connectivity index (χ1) is 12.8. The van der Waals surface area contributed by atoms with Gasteiger partial charge in [-0.2, -0.15) is 0 Å². The van der Waals surface area contributed by atoms with E-state index in [0.717, 1.165) is 38.8 Å². The molecule has 0 fully saturated rings. The highest BCUT2D eigenvalue weighted by Gasteiger charge is 2.22. The average Bonchev–Trinajstić information content (AvgIpc) is 2.69. The molecule has 1 heterocycles. The van der Waals surface area contributed by atoms with Crippen molar-refractivity contribution in [1.82, 2.24) is 10.2 Å². The third kappa shape index (κ3) is 3.88. The van der Waals surface area contributed by atoms with E-state index in [1.807, 2.05) is 6.07 Å². The van der Waals surface area contributed by atoms with Crippen molar-refractivity contribution >= 4 is 11.5 Å². The number of rotatable bonds is 4. The fourth-order valence-electron chi connectivity index (χ4n) is 4.12. The van der Waals surface area contributed by atoms with Gasteiger partial charge in [0, 0.05) is 13.1 Å². The van der Waals surface area contributed by atoms with Gasteiger partial charge in [-0.25, -0.2) is 0 Å². The second-order valence-corrected chi connectivity index (χ2v) is 7.29. The summed E-state index contributed by atoms with van der Waals surface area (Å²) in [6, 6.07) is 19.2. The molecule has 134 valence electrons. The van der Waals surface area contributed by atoms with Gasteiger partial charge in [-0.1, -0.05) is 60.7 Å². The molecule has 26 heavy (non-hydrogen) atoms. The lowest BCUT2D eigenvalue weighted by atomic mass is 9.88. The molecule has 1 aliphatic carbocycles. The maximum Gasteiger partial charge on any atom is 0.234 e. The normalized spacial score (nSPS) is 20.2. The molecule has 4 rings (SSSR count). The summed E-state index contributed by atoms with van der Waals surface area (Å²) in [7, 11) is 0. The zero-order chi connectivity index (χ0) is 17.8. The van der Waals surface area contributed by atoms with Gasteiger partial charge in [-0.15, -0.1) is 0 Å². The highest BCUT2D eigenvalue weighted by atomic mass is 16.2. The number of fused-ring (bicyclic) bond motifs is 1. The van der Waals surface area contributed by atoms with Crippen LogP contribution in [0.1, 0.15) is 42.0 Å². The van der Waals surface area contributed by atoms with Crippen molar-refractivity contribution < 1.29 is 4.79 Å². The van der Waals surface area contributed by atoms with Crippen molar-refractivity contribution in [2.45, 2.75) is 31.7 Å². The van der Waals surface area contributed by atoms with Crippen LogP contribution in [-0.4, -0.2) is 30.4 Å². The summed E-state index contributed by atoms with van der Waals surface area (Å²) in [5.41, 5.74) is 5.38. The molecule has 1 amide bonds. The van der Waals surface area contributed by atoms with E-state index >= 15 is 0 Å². The molecular weight excluding hydrogens is 320 g/mol. The predicted molar refractivity (Wildman–Crippen MR) is 106 cm³/mol. The molecule has 2 aromatic carbocycles. The van der Waals surface area contributed by atoms with Crippen LogP contribution in [0, 0.1) is 0 Å². The molecule has 1 N–H and O–H groups in total. The Morgan fingerprint density at radius 3 is 2.65 bits per heavy atom. The number of nitrogens with zero attached hydrogens (tertiary/aromatic N) is 1. The molecule has 0 aromatic heterocycles. The van der Waals surface area contributed by atoms with Crippen LogP contribution in [0.4, 0.5) is 0 Å². The Balaban J connectivity index is 1.33. The number of nitrogens with one attached hydrogen (secondary N) is 1. The lowest BCUT2D eigenvalue weighted by Crippen LogP contribution is -2.41. The summed E-state index contributed by atoms with van der Waals surface area (Å²) in [5.74, 6) is 0.142. The second kappa shape index (κ2) is 7.88. The van der Waals surface area contributed by atoms with Crippen LogP contribution in [0.15, 0.2) is 60.7 Å². The number of amides is 1. The second-order valence-electron chi connectivity index (χ2n) is 7.29. The third-order valence-electron chi connectivity index (χ3n) is 5.51. The molecule has 0 saturated heterocycles. The maximum atomic E-state index is 12.6. The SMILES string of the molecule is O=C(CN1CC=C(c2ccccc2)CC1)NC1CCCc2ccccc21. The number of hydrogen-bond acceptors (Lipinski definition) is 2. The van der Waals surface area contributed by atoms with Crippen LogP contribution in [-0.2, 0) is 11.2 Å². The van der Waals surface area contributed by atoms with Gasteiger partial charge in [0.05, 0.1) is 12.6 Å². The Labute approximate surface area is 155 Å². The van der Waals surface area contributed by atoms with Crippen molar-refractivity contribution in [2.75, 3.05) is 19.6 Å². The maximum absolute atomic E-state index is 12.6. The smallest absolute Gasteiger partial charge is 0.234 e. The molecule has 1 aliphatic heterocycles. The van der Waals surface area contributed by atoms with E-state index < -0.39 is 0 Å². The summed E-state index contributed by atoms with van der Waals surface area (Å²) in [6.45, 7) is 2.27. The molecule has 0 bridgehead atoms. The molecule has 0 saturated carbocycles. The van der Waals surface area contributed by atoms with E-state index in [1.54, 1.807) is 0 Å². The van der Waals surface area contributed by atoms with Gasteiger partial charge >= 0.3 is 0 Å². The van der Waals surface area contributed by atoms with Gasteiger partial charge in [-0.05, 0) is 47.9 Å². The van der Waals surface area contributed by atoms with E-state index in [2.05, 4.69) is 64.8 Å². The van der Waals surface area contributed by atoms with Crippen LogP contribution in [0.5, 0.6) is 0 Å². The highest BCUT2D eigenvalue weighted by Crippen LogP contribution is 2.29. The van der Waals surface area contributed by atoms with Crippen molar-refractivity contribution in [2.24, 2.45) is 0 Å². The largest absolute Gasteiger partial charge is 0.348 e. The quantitative estimate of drug-likeness (QED) is 0.908. The van der Waals surface area contributed by atoms with E-state index in [0.29, 0.717) is 6.54 Å². The van der Waals surface area contributed by atoms with E-state index in [-0.39, 0.29) is 11.9 Å². The van der Waals surface area contributed by atoms with Gasteiger partial charge in [0.15, 0.2) is 0 Å². The Morgan fingerprint density at radius 1 is 1.04 bits per heavy atom. The fraction of sp³-hybridized carbons (Fsp3) is 0.348. The molecule has 3 nitrogen and oxygen atoms in total. The summed E-state index contributed by atoms with van der Waals surface area (Å²) in [5, 5.41) is 3.26. The van der Waals surface area contributed by atoms with E-state index in [9.17, 15) is 4.79 Å². The zero-order valence-corrected chi connectivity index (χ0v) is 15.2. The topological polar surface area (TPSA) is 32.3 Å². The van der Waals surface area contributed by atoms with Gasteiger partial charge in [0.2, 0.25) is 5.91 Å². The molecule has 0 spiro atoms. The monoisotopic (exact) mass is 346 g/mol. The van der Waals surface area contributed by atoms with E-state index in [4.69, 9.17) is 0 Å². The number of carbonyl (C=O) groups is 1. The number of hydrogen-bond donors (Lipinski definition) is 1. The lowest BCUT2D eigenvalue weighted by molar-refractivity contribution is -0.123. The first-order valence-electron chi connectivity index (χ1n) is 9.63. The van der Waals surface area contributed by atoms with Crippen molar-refractivity contribution in [1.29, 1.82) is 0 Å². The Hall–Kier alpha value is -2.39. The molecule has 0 radical (unpaired) electrons. The molecule has 2 aliphatic rings. The Morgan fingerprint density at radius 2 is 1.85 bits per heavy atom. The van der Waals surface area contributed by atoms with Gasteiger partial charge < -0.3 is 5.32 Å². The molecule has 3 heteroatoms. The predicted octanol–water partition coefficient (Wildman–Crippen LogP) is 3.97. The summed E-state index contributed by atoms with van der Waals surface area (Å²) < 4.78 is 0.